The molecule has 0 unspecified atom stereocenters. The van der Waals surface area contributed by atoms with Crippen LogP contribution in [-0.4, -0.2) is 68.2 Å². The molecule has 1 saturated heterocycles. The van der Waals surface area contributed by atoms with Crippen LogP contribution in [0.5, 0.6) is 0 Å². The average molecular weight is 416 g/mol. The summed E-state index contributed by atoms with van der Waals surface area (Å²) in [6.45, 7) is 6.75. The van der Waals surface area contributed by atoms with E-state index in [0.717, 1.165) is 24.3 Å². The minimum Gasteiger partial charge on any atom is -0.505 e. The Morgan fingerprint density at radius 3 is 2.73 bits per heavy atom. The van der Waals surface area contributed by atoms with Crippen molar-refractivity contribution in [1.82, 2.24) is 10.3 Å². The summed E-state index contributed by atoms with van der Waals surface area (Å²) < 4.78 is 10.0. The van der Waals surface area contributed by atoms with Crippen molar-refractivity contribution in [3.63, 3.8) is 0 Å². The van der Waals surface area contributed by atoms with Crippen LogP contribution in [0.4, 0.5) is 5.69 Å². The molecule has 1 fully saturated rings. The number of hydrogen-bond donors (Lipinski definition) is 2. The van der Waals surface area contributed by atoms with Crippen LogP contribution in [0.3, 0.4) is 0 Å². The number of carbonyl (C=O) groups is 2. The largest absolute Gasteiger partial charge is 0.505 e. The van der Waals surface area contributed by atoms with Gasteiger partial charge in [-0.3, -0.25) is 14.6 Å². The molecule has 0 saturated carbocycles. The van der Waals surface area contributed by atoms with E-state index in [1.165, 1.54) is 12.1 Å². The molecule has 0 aliphatic carbocycles. The van der Waals surface area contributed by atoms with Crippen molar-refractivity contribution >= 4 is 29.5 Å². The molecule has 1 aromatic carbocycles. The van der Waals surface area contributed by atoms with Crippen LogP contribution in [0, 0.1) is 5.92 Å². The first kappa shape index (κ1) is 21.6. The maximum Gasteiger partial charge on any atom is 0.325 e. The average Bonchev–Trinajstić information content (AvgIpc) is 2.76. The lowest BCUT2D eigenvalue weighted by Gasteiger charge is -2.35. The van der Waals surface area contributed by atoms with E-state index < -0.39 is 11.9 Å². The van der Waals surface area contributed by atoms with Gasteiger partial charge in [0.25, 0.3) is 5.91 Å². The Labute approximate surface area is 175 Å². The number of ether oxygens (including phenoxy) is 2. The van der Waals surface area contributed by atoms with Gasteiger partial charge in [0, 0.05) is 36.1 Å². The first-order chi connectivity index (χ1) is 14.4. The number of hydrogen-bond acceptors (Lipinski definition) is 8. The molecule has 0 bridgehead atoms. The molecule has 0 atom stereocenters. The summed E-state index contributed by atoms with van der Waals surface area (Å²) in [6.07, 6.45) is 1.71. The molecule has 0 spiro atoms. The van der Waals surface area contributed by atoms with Gasteiger partial charge in [0.2, 0.25) is 0 Å². The van der Waals surface area contributed by atoms with E-state index in [-0.39, 0.29) is 23.9 Å². The van der Waals surface area contributed by atoms with Crippen molar-refractivity contribution in [3.8, 4) is 0 Å². The summed E-state index contributed by atoms with van der Waals surface area (Å²) in [6, 6.07) is 5.65. The minimum atomic E-state index is -0.596. The SMILES string of the molecule is COC(=O)CNC(=O)C1=C(O)c2cccc(N3CCOCC3)c2CN1/N=C\C(C)C. The third kappa shape index (κ3) is 4.73. The molecule has 1 amide bonds. The molecule has 9 nitrogen and oxygen atoms in total. The Kier molecular flexibility index (Phi) is 6.94. The number of carbonyl (C=O) groups excluding carboxylic acids is 2. The van der Waals surface area contributed by atoms with Gasteiger partial charge in [0.05, 0.1) is 26.9 Å². The number of nitrogens with zero attached hydrogens (tertiary/aromatic N) is 3. The third-order valence-corrected chi connectivity index (χ3v) is 4.89. The Morgan fingerprint density at radius 1 is 1.33 bits per heavy atom. The Balaban J connectivity index is 2.00. The summed E-state index contributed by atoms with van der Waals surface area (Å²) >= 11 is 0. The van der Waals surface area contributed by atoms with E-state index in [1.807, 2.05) is 26.0 Å². The molecule has 0 aromatic heterocycles. The number of rotatable bonds is 6. The summed E-state index contributed by atoms with van der Waals surface area (Å²) in [5.41, 5.74) is 2.46. The lowest BCUT2D eigenvalue weighted by molar-refractivity contribution is -0.140. The Morgan fingerprint density at radius 2 is 2.07 bits per heavy atom. The van der Waals surface area contributed by atoms with E-state index in [0.29, 0.717) is 25.3 Å². The van der Waals surface area contributed by atoms with Gasteiger partial charge in [-0.05, 0) is 12.0 Å². The van der Waals surface area contributed by atoms with E-state index in [9.17, 15) is 14.7 Å². The lowest BCUT2D eigenvalue weighted by Crippen LogP contribution is -2.40. The smallest absolute Gasteiger partial charge is 0.325 e. The summed E-state index contributed by atoms with van der Waals surface area (Å²) in [4.78, 5) is 26.4. The molecule has 3 rings (SSSR count). The molecule has 162 valence electrons. The third-order valence-electron chi connectivity index (χ3n) is 4.89. The molecule has 1 aromatic rings. The number of aliphatic hydroxyl groups is 1. The second-order valence-corrected chi connectivity index (χ2v) is 7.42. The maximum absolute atomic E-state index is 12.8. The van der Waals surface area contributed by atoms with Crippen LogP contribution in [0.15, 0.2) is 29.0 Å². The van der Waals surface area contributed by atoms with Crippen molar-refractivity contribution in [2.45, 2.75) is 20.4 Å². The van der Waals surface area contributed by atoms with Crippen molar-refractivity contribution in [1.29, 1.82) is 0 Å². The maximum atomic E-state index is 12.8. The molecule has 2 aliphatic heterocycles. The predicted molar refractivity (Wildman–Crippen MR) is 113 cm³/mol. The number of fused-ring (bicyclic) bond motifs is 1. The molecule has 30 heavy (non-hydrogen) atoms. The van der Waals surface area contributed by atoms with Crippen LogP contribution < -0.4 is 10.2 Å². The first-order valence-corrected chi connectivity index (χ1v) is 9.97. The number of hydrazone groups is 1. The normalized spacial score (nSPS) is 16.8. The van der Waals surface area contributed by atoms with E-state index in [2.05, 4.69) is 20.1 Å². The Bertz CT molecular complexity index is 859. The van der Waals surface area contributed by atoms with Crippen LogP contribution in [-0.2, 0) is 25.6 Å². The highest BCUT2D eigenvalue weighted by molar-refractivity contribution is 6.01. The molecule has 2 N–H and O–H groups in total. The van der Waals surface area contributed by atoms with Crippen molar-refractivity contribution in [2.75, 3.05) is 44.9 Å². The van der Waals surface area contributed by atoms with Gasteiger partial charge in [0.15, 0.2) is 11.5 Å². The number of methoxy groups -OCH3 is 1. The zero-order chi connectivity index (χ0) is 21.7. The first-order valence-electron chi connectivity index (χ1n) is 9.97. The van der Waals surface area contributed by atoms with Gasteiger partial charge in [-0.1, -0.05) is 26.0 Å². The molecule has 9 heteroatoms. The van der Waals surface area contributed by atoms with Gasteiger partial charge in [-0.25, -0.2) is 0 Å². The number of anilines is 1. The van der Waals surface area contributed by atoms with Gasteiger partial charge in [-0.15, -0.1) is 0 Å². The summed E-state index contributed by atoms with van der Waals surface area (Å²) in [5, 5.41) is 19.4. The van der Waals surface area contributed by atoms with E-state index >= 15 is 0 Å². The quantitative estimate of drug-likeness (QED) is 0.535. The summed E-state index contributed by atoms with van der Waals surface area (Å²) in [5.74, 6) is -1.19. The highest BCUT2D eigenvalue weighted by Crippen LogP contribution is 2.36. The number of amides is 1. The Hall–Kier alpha value is -3.07. The number of aliphatic hydroxyl groups excluding tert-OH is 1. The highest BCUT2D eigenvalue weighted by Gasteiger charge is 2.32. The topological polar surface area (TPSA) is 104 Å². The second kappa shape index (κ2) is 9.62. The minimum absolute atomic E-state index is 0.00225. The standard InChI is InChI=1S/C21H28N4O5/c1-14(2)11-23-25-13-16-15(5-4-6-17(16)24-7-9-30-10-8-24)20(27)19(25)21(28)22-12-18(26)29-3/h4-6,11,14,27H,7-10,12-13H2,1-3H3,(H,22,28)/b23-11-. The fourth-order valence-corrected chi connectivity index (χ4v) is 3.39. The highest BCUT2D eigenvalue weighted by atomic mass is 16.5. The van der Waals surface area contributed by atoms with Crippen LogP contribution in [0.25, 0.3) is 5.76 Å². The van der Waals surface area contributed by atoms with Crippen molar-refractivity contribution < 1.29 is 24.2 Å². The summed E-state index contributed by atoms with van der Waals surface area (Å²) in [7, 11) is 1.24. The van der Waals surface area contributed by atoms with Crippen LogP contribution in [0.1, 0.15) is 25.0 Å². The fourth-order valence-electron chi connectivity index (χ4n) is 3.39. The molecule has 2 heterocycles. The van der Waals surface area contributed by atoms with E-state index in [4.69, 9.17) is 4.74 Å². The van der Waals surface area contributed by atoms with Gasteiger partial charge < -0.3 is 24.8 Å². The monoisotopic (exact) mass is 416 g/mol. The van der Waals surface area contributed by atoms with Gasteiger partial charge in [0.1, 0.15) is 6.54 Å². The van der Waals surface area contributed by atoms with E-state index in [1.54, 1.807) is 12.3 Å². The molecule has 2 aliphatic rings. The lowest BCUT2D eigenvalue weighted by atomic mass is 9.97. The number of esters is 1. The number of benzene rings is 1. The molecule has 0 radical (unpaired) electrons. The van der Waals surface area contributed by atoms with Crippen LogP contribution >= 0.6 is 0 Å². The fraction of sp³-hybridized carbons (Fsp3) is 0.476. The van der Waals surface area contributed by atoms with Gasteiger partial charge >= 0.3 is 5.97 Å². The number of nitrogens with one attached hydrogen (secondary N) is 1. The van der Waals surface area contributed by atoms with Crippen LogP contribution in [0.2, 0.25) is 0 Å². The number of morpholine rings is 1. The van der Waals surface area contributed by atoms with Crippen molar-refractivity contribution in [3.05, 3.63) is 35.0 Å². The molecular weight excluding hydrogens is 388 g/mol. The van der Waals surface area contributed by atoms with Crippen molar-refractivity contribution in [2.24, 2.45) is 11.0 Å². The van der Waals surface area contributed by atoms with Gasteiger partial charge in [-0.2, -0.15) is 5.10 Å². The zero-order valence-electron chi connectivity index (χ0n) is 17.6. The zero-order valence-corrected chi connectivity index (χ0v) is 17.6. The molecular formula is C21H28N4O5. The predicted octanol–water partition coefficient (Wildman–Crippen LogP) is 1.50. The second-order valence-electron chi connectivity index (χ2n) is 7.42.